The van der Waals surface area contributed by atoms with Gasteiger partial charge in [0.2, 0.25) is 5.91 Å². The minimum atomic E-state index is -0.209. The van der Waals surface area contributed by atoms with Crippen LogP contribution >= 0.6 is 11.3 Å². The van der Waals surface area contributed by atoms with E-state index in [1.807, 2.05) is 52.9 Å². The highest BCUT2D eigenvalue weighted by Gasteiger charge is 2.43. The quantitative estimate of drug-likeness (QED) is 0.683. The van der Waals surface area contributed by atoms with Crippen molar-refractivity contribution < 1.29 is 9.53 Å². The number of hydrogen-bond acceptors (Lipinski definition) is 6. The second kappa shape index (κ2) is 7.33. The molecule has 1 aromatic carbocycles. The molecule has 1 fully saturated rings. The summed E-state index contributed by atoms with van der Waals surface area (Å²) in [6.45, 7) is 1.87. The Morgan fingerprint density at radius 3 is 2.89 bits per heavy atom. The molecular weight excluding hydrogens is 372 g/mol. The highest BCUT2D eigenvalue weighted by Crippen LogP contribution is 2.37. The van der Waals surface area contributed by atoms with Crippen LogP contribution in [0, 0.1) is 0 Å². The molecule has 28 heavy (non-hydrogen) atoms. The Morgan fingerprint density at radius 2 is 2.07 bits per heavy atom. The molecular formula is C21H20N4O2S. The molecule has 5 rings (SSSR count). The molecule has 2 aliphatic rings. The van der Waals surface area contributed by atoms with Gasteiger partial charge in [-0.05, 0) is 23.8 Å². The molecule has 1 amide bonds. The first-order valence-electron chi connectivity index (χ1n) is 9.36. The highest BCUT2D eigenvalue weighted by atomic mass is 32.1. The van der Waals surface area contributed by atoms with Crippen molar-refractivity contribution in [1.29, 1.82) is 0 Å². The molecule has 2 aromatic heterocycles. The molecule has 0 unspecified atom stereocenters. The van der Waals surface area contributed by atoms with Gasteiger partial charge in [-0.1, -0.05) is 18.2 Å². The molecule has 0 saturated carbocycles. The lowest BCUT2D eigenvalue weighted by Crippen LogP contribution is -2.45. The van der Waals surface area contributed by atoms with Gasteiger partial charge >= 0.3 is 0 Å². The number of aromatic nitrogens is 2. The Balaban J connectivity index is 1.50. The van der Waals surface area contributed by atoms with Crippen LogP contribution < -0.4 is 9.64 Å². The maximum atomic E-state index is 13.7. The van der Waals surface area contributed by atoms with Crippen molar-refractivity contribution in [1.82, 2.24) is 14.9 Å². The van der Waals surface area contributed by atoms with Crippen LogP contribution in [0.4, 0.5) is 5.69 Å². The fourth-order valence-electron chi connectivity index (χ4n) is 3.98. The van der Waals surface area contributed by atoms with E-state index in [9.17, 15) is 4.79 Å². The predicted octanol–water partition coefficient (Wildman–Crippen LogP) is 3.11. The predicted molar refractivity (Wildman–Crippen MR) is 107 cm³/mol. The number of carbonyl (C=O) groups is 1. The summed E-state index contributed by atoms with van der Waals surface area (Å²) in [7, 11) is 0. The van der Waals surface area contributed by atoms with Gasteiger partial charge in [-0.25, -0.2) is 4.98 Å². The van der Waals surface area contributed by atoms with Crippen molar-refractivity contribution in [3.63, 3.8) is 0 Å². The van der Waals surface area contributed by atoms with E-state index in [-0.39, 0.29) is 18.1 Å². The van der Waals surface area contributed by atoms with Crippen LogP contribution in [0.3, 0.4) is 0 Å². The zero-order valence-corrected chi connectivity index (χ0v) is 16.1. The van der Waals surface area contributed by atoms with Gasteiger partial charge in [0.1, 0.15) is 16.9 Å². The molecule has 6 nitrogen and oxygen atoms in total. The molecule has 0 radical (unpaired) electrons. The summed E-state index contributed by atoms with van der Waals surface area (Å²) < 4.78 is 6.33. The Labute approximate surface area is 167 Å². The zero-order valence-electron chi connectivity index (χ0n) is 15.3. The van der Waals surface area contributed by atoms with E-state index in [0.29, 0.717) is 19.5 Å². The van der Waals surface area contributed by atoms with Crippen molar-refractivity contribution in [2.75, 3.05) is 11.4 Å². The SMILES string of the molecule is O=C1[C@@H]2C[C@@H](CN2Cc2nccs2)Oc2ccccc2N1Cc1cccnc1. The van der Waals surface area contributed by atoms with Crippen molar-refractivity contribution >= 4 is 22.9 Å². The number of thiazole rings is 1. The van der Waals surface area contributed by atoms with Crippen LogP contribution in [0.1, 0.15) is 17.0 Å². The number of hydrogen-bond donors (Lipinski definition) is 0. The summed E-state index contributed by atoms with van der Waals surface area (Å²) in [6, 6.07) is 11.5. The van der Waals surface area contributed by atoms with Gasteiger partial charge in [0.25, 0.3) is 0 Å². The van der Waals surface area contributed by atoms with Gasteiger partial charge in [0.05, 0.1) is 24.8 Å². The third-order valence-electron chi connectivity index (χ3n) is 5.25. The van der Waals surface area contributed by atoms with Crippen LogP contribution in [-0.2, 0) is 17.9 Å². The number of likely N-dealkylation sites (tertiary alicyclic amines) is 1. The van der Waals surface area contributed by atoms with Crippen molar-refractivity contribution in [2.45, 2.75) is 31.7 Å². The van der Waals surface area contributed by atoms with E-state index in [1.54, 1.807) is 23.7 Å². The Hall–Kier alpha value is -2.77. The molecule has 7 heteroatoms. The van der Waals surface area contributed by atoms with Crippen LogP contribution in [-0.4, -0.2) is 39.5 Å². The number of nitrogens with zero attached hydrogens (tertiary/aromatic N) is 4. The van der Waals surface area contributed by atoms with E-state index in [4.69, 9.17) is 4.74 Å². The van der Waals surface area contributed by atoms with Crippen molar-refractivity contribution in [3.05, 3.63) is 70.9 Å². The van der Waals surface area contributed by atoms with Gasteiger partial charge in [0.15, 0.2) is 0 Å². The average Bonchev–Trinajstić information content (AvgIpc) is 3.37. The third kappa shape index (κ3) is 3.27. The lowest BCUT2D eigenvalue weighted by atomic mass is 10.1. The number of amides is 1. The van der Waals surface area contributed by atoms with Crippen LogP contribution in [0.15, 0.2) is 60.4 Å². The molecule has 3 aromatic rings. The van der Waals surface area contributed by atoms with Crippen LogP contribution in [0.2, 0.25) is 0 Å². The number of pyridine rings is 1. The van der Waals surface area contributed by atoms with Gasteiger partial charge in [-0.15, -0.1) is 11.3 Å². The van der Waals surface area contributed by atoms with Gasteiger partial charge in [-0.3, -0.25) is 14.7 Å². The number of anilines is 1. The summed E-state index contributed by atoms with van der Waals surface area (Å²) in [5, 5.41) is 2.99. The second-order valence-electron chi connectivity index (χ2n) is 7.10. The Bertz CT molecular complexity index is 964. The van der Waals surface area contributed by atoms with Gasteiger partial charge in [0, 0.05) is 36.9 Å². The van der Waals surface area contributed by atoms with E-state index < -0.39 is 0 Å². The molecule has 4 heterocycles. The number of ether oxygens (including phenoxy) is 1. The number of fused-ring (bicyclic) bond motifs is 3. The maximum absolute atomic E-state index is 13.7. The topological polar surface area (TPSA) is 58.6 Å². The second-order valence-corrected chi connectivity index (χ2v) is 8.08. The fourth-order valence-corrected chi connectivity index (χ4v) is 4.62. The first kappa shape index (κ1) is 17.3. The Kier molecular flexibility index (Phi) is 4.54. The summed E-state index contributed by atoms with van der Waals surface area (Å²) in [6.07, 6.45) is 6.06. The molecule has 0 spiro atoms. The minimum Gasteiger partial charge on any atom is -0.487 e. The van der Waals surface area contributed by atoms with E-state index >= 15 is 0 Å². The lowest BCUT2D eigenvalue weighted by Gasteiger charge is -2.31. The number of rotatable bonds is 4. The first-order chi connectivity index (χ1) is 13.8. The van der Waals surface area contributed by atoms with Crippen molar-refractivity contribution in [2.24, 2.45) is 0 Å². The summed E-state index contributed by atoms with van der Waals surface area (Å²) in [5.74, 6) is 0.873. The molecule has 2 atom stereocenters. The molecule has 0 N–H and O–H groups in total. The molecule has 142 valence electrons. The molecule has 2 bridgehead atoms. The Morgan fingerprint density at radius 1 is 1.14 bits per heavy atom. The highest BCUT2D eigenvalue weighted by molar-refractivity contribution is 7.09. The normalized spacial score (nSPS) is 21.7. The molecule has 0 aliphatic carbocycles. The van der Waals surface area contributed by atoms with E-state index in [2.05, 4.69) is 14.9 Å². The number of para-hydroxylation sites is 2. The maximum Gasteiger partial charge on any atom is 0.244 e. The average molecular weight is 392 g/mol. The molecule has 1 saturated heterocycles. The first-order valence-corrected chi connectivity index (χ1v) is 10.2. The zero-order chi connectivity index (χ0) is 18.9. The van der Waals surface area contributed by atoms with Crippen LogP contribution in [0.25, 0.3) is 0 Å². The summed E-state index contributed by atoms with van der Waals surface area (Å²) in [5.41, 5.74) is 1.81. The van der Waals surface area contributed by atoms with Crippen LogP contribution in [0.5, 0.6) is 5.75 Å². The van der Waals surface area contributed by atoms with E-state index in [1.165, 1.54) is 0 Å². The monoisotopic (exact) mass is 392 g/mol. The van der Waals surface area contributed by atoms with Crippen molar-refractivity contribution in [3.8, 4) is 5.75 Å². The smallest absolute Gasteiger partial charge is 0.244 e. The van der Waals surface area contributed by atoms with E-state index in [0.717, 1.165) is 28.6 Å². The lowest BCUT2D eigenvalue weighted by molar-refractivity contribution is -0.123. The standard InChI is InChI=1S/C21H20N4O2S/c26-21-18-10-16(13-24(18)14-20-23-8-9-28-20)27-19-6-2-1-5-17(19)25(21)12-15-4-3-7-22-11-15/h1-9,11,16,18H,10,12-14H2/t16-,18-/m0/s1. The summed E-state index contributed by atoms with van der Waals surface area (Å²) >= 11 is 1.62. The third-order valence-corrected chi connectivity index (χ3v) is 6.02. The van der Waals surface area contributed by atoms with Gasteiger partial charge < -0.3 is 9.64 Å². The summed E-state index contributed by atoms with van der Waals surface area (Å²) in [4.78, 5) is 26.3. The fraction of sp³-hybridized carbons (Fsp3) is 0.286. The number of benzene rings is 1. The van der Waals surface area contributed by atoms with Gasteiger partial charge in [-0.2, -0.15) is 0 Å². The number of carbonyl (C=O) groups excluding carboxylic acids is 1. The molecule has 2 aliphatic heterocycles. The minimum absolute atomic E-state index is 0.00982. The largest absolute Gasteiger partial charge is 0.487 e.